The van der Waals surface area contributed by atoms with Gasteiger partial charge in [-0.25, -0.2) is 5.43 Å². The minimum Gasteiger partial charge on any atom is -0.273 e. The summed E-state index contributed by atoms with van der Waals surface area (Å²) in [5.41, 5.74) is 5.53. The minimum absolute atomic E-state index is 0.140. The van der Waals surface area contributed by atoms with Crippen molar-refractivity contribution < 1.29 is 4.79 Å². The Morgan fingerprint density at radius 3 is 2.45 bits per heavy atom. The number of carbonyl (C=O) groups excluding carboxylic acids is 1. The maximum absolute atomic E-state index is 11.7. The van der Waals surface area contributed by atoms with Crippen LogP contribution in [0.25, 0.3) is 0 Å². The number of hydrogen-bond donors (Lipinski definition) is 1. The molecule has 0 aromatic heterocycles. The average molecular weight is 287 g/mol. The van der Waals surface area contributed by atoms with Crippen molar-refractivity contribution in [2.75, 3.05) is 0 Å². The van der Waals surface area contributed by atoms with Crippen LogP contribution in [0.1, 0.15) is 16.7 Å². The van der Waals surface area contributed by atoms with Crippen molar-refractivity contribution in [3.05, 3.63) is 70.2 Å². The van der Waals surface area contributed by atoms with Crippen LogP contribution in [0, 0.1) is 6.92 Å². The molecule has 1 N–H and O–H groups in total. The minimum atomic E-state index is -0.140. The average Bonchev–Trinajstić information content (AvgIpc) is 2.44. The molecule has 0 bridgehead atoms. The van der Waals surface area contributed by atoms with Crippen LogP contribution in [0.3, 0.4) is 0 Å². The molecular weight excluding hydrogens is 272 g/mol. The van der Waals surface area contributed by atoms with E-state index in [9.17, 15) is 4.79 Å². The molecule has 0 spiro atoms. The summed E-state index contributed by atoms with van der Waals surface area (Å²) in [6.07, 6.45) is 1.90. The third-order valence-corrected chi connectivity index (χ3v) is 3.01. The van der Waals surface area contributed by atoms with Crippen LogP contribution in [0.2, 0.25) is 5.02 Å². The zero-order chi connectivity index (χ0) is 14.4. The molecule has 0 atom stereocenters. The lowest BCUT2D eigenvalue weighted by Gasteiger charge is -2.01. The molecule has 0 saturated heterocycles. The topological polar surface area (TPSA) is 41.5 Å². The van der Waals surface area contributed by atoms with E-state index >= 15 is 0 Å². The molecule has 4 heteroatoms. The molecular formula is C16H15ClN2O. The fourth-order valence-corrected chi connectivity index (χ4v) is 1.78. The fraction of sp³-hybridized carbons (Fsp3) is 0.125. The number of nitrogens with one attached hydrogen (secondary N) is 1. The highest BCUT2D eigenvalue weighted by atomic mass is 35.5. The van der Waals surface area contributed by atoms with Gasteiger partial charge in [-0.1, -0.05) is 53.6 Å². The highest BCUT2D eigenvalue weighted by molar-refractivity contribution is 6.30. The number of halogens is 1. The molecule has 0 radical (unpaired) electrons. The predicted molar refractivity (Wildman–Crippen MR) is 82.1 cm³/mol. The quantitative estimate of drug-likeness (QED) is 0.680. The van der Waals surface area contributed by atoms with E-state index in [1.165, 1.54) is 5.56 Å². The van der Waals surface area contributed by atoms with Crippen LogP contribution in [-0.4, -0.2) is 12.1 Å². The van der Waals surface area contributed by atoms with Crippen molar-refractivity contribution in [1.82, 2.24) is 5.43 Å². The normalized spacial score (nSPS) is 10.7. The van der Waals surface area contributed by atoms with Crippen LogP contribution in [0.5, 0.6) is 0 Å². The number of carbonyl (C=O) groups is 1. The Bertz CT molecular complexity index is 603. The molecule has 102 valence electrons. The van der Waals surface area contributed by atoms with E-state index in [4.69, 9.17) is 11.6 Å². The molecule has 0 unspecified atom stereocenters. The summed E-state index contributed by atoms with van der Waals surface area (Å²) < 4.78 is 0. The number of amides is 1. The lowest BCUT2D eigenvalue weighted by molar-refractivity contribution is -0.120. The largest absolute Gasteiger partial charge is 0.273 e. The van der Waals surface area contributed by atoms with E-state index in [0.29, 0.717) is 11.4 Å². The van der Waals surface area contributed by atoms with E-state index in [2.05, 4.69) is 10.5 Å². The summed E-state index contributed by atoms with van der Waals surface area (Å²) in [5, 5.41) is 4.59. The Labute approximate surface area is 123 Å². The molecule has 2 aromatic carbocycles. The van der Waals surface area contributed by atoms with E-state index in [-0.39, 0.29) is 5.91 Å². The van der Waals surface area contributed by atoms with Crippen LogP contribution < -0.4 is 5.43 Å². The van der Waals surface area contributed by atoms with Gasteiger partial charge < -0.3 is 0 Å². The van der Waals surface area contributed by atoms with E-state index < -0.39 is 0 Å². The smallest absolute Gasteiger partial charge is 0.244 e. The van der Waals surface area contributed by atoms with Gasteiger partial charge in [0.05, 0.1) is 12.6 Å². The first-order valence-electron chi connectivity index (χ1n) is 6.26. The van der Waals surface area contributed by atoms with E-state index in [1.807, 2.05) is 43.3 Å². The van der Waals surface area contributed by atoms with Gasteiger partial charge >= 0.3 is 0 Å². The second kappa shape index (κ2) is 6.87. The third kappa shape index (κ3) is 4.52. The van der Waals surface area contributed by atoms with Gasteiger partial charge in [-0.2, -0.15) is 5.10 Å². The van der Waals surface area contributed by atoms with Gasteiger partial charge in [0.15, 0.2) is 0 Å². The highest BCUT2D eigenvalue weighted by Gasteiger charge is 2.01. The number of nitrogens with zero attached hydrogens (tertiary/aromatic N) is 1. The van der Waals surface area contributed by atoms with Gasteiger partial charge in [-0.05, 0) is 30.2 Å². The van der Waals surface area contributed by atoms with E-state index in [0.717, 1.165) is 11.1 Å². The molecule has 1 amide bonds. The summed E-state index contributed by atoms with van der Waals surface area (Å²) in [7, 11) is 0. The molecule has 0 heterocycles. The summed E-state index contributed by atoms with van der Waals surface area (Å²) in [5.74, 6) is -0.140. The molecule has 0 fully saturated rings. The Kier molecular flexibility index (Phi) is 4.91. The van der Waals surface area contributed by atoms with Crippen LogP contribution in [0.15, 0.2) is 53.6 Å². The monoisotopic (exact) mass is 286 g/mol. The third-order valence-electron chi connectivity index (χ3n) is 2.76. The molecule has 3 nitrogen and oxygen atoms in total. The number of rotatable bonds is 4. The molecule has 2 rings (SSSR count). The molecule has 0 aliphatic rings. The van der Waals surface area contributed by atoms with Gasteiger partial charge in [-0.15, -0.1) is 0 Å². The summed E-state index contributed by atoms with van der Waals surface area (Å²) in [4.78, 5) is 11.7. The van der Waals surface area contributed by atoms with Gasteiger partial charge in [0.25, 0.3) is 0 Å². The van der Waals surface area contributed by atoms with E-state index in [1.54, 1.807) is 18.3 Å². The number of benzene rings is 2. The Balaban J connectivity index is 1.85. The van der Waals surface area contributed by atoms with Crippen molar-refractivity contribution in [1.29, 1.82) is 0 Å². The highest BCUT2D eigenvalue weighted by Crippen LogP contribution is 2.07. The zero-order valence-electron chi connectivity index (χ0n) is 11.1. The lowest BCUT2D eigenvalue weighted by Crippen LogP contribution is -2.19. The fourth-order valence-electron chi connectivity index (χ4n) is 1.66. The number of hydrogen-bond acceptors (Lipinski definition) is 2. The first-order chi connectivity index (χ1) is 9.63. The molecule has 20 heavy (non-hydrogen) atoms. The van der Waals surface area contributed by atoms with Gasteiger partial charge in [0.2, 0.25) is 5.91 Å². The standard InChI is InChI=1S/C16H15ClN2O/c1-12-2-4-13(5-3-12)10-16(20)19-18-11-14-6-8-15(17)9-7-14/h2-9,11H,10H2,1H3,(H,19,20). The molecule has 0 aliphatic carbocycles. The maximum atomic E-state index is 11.7. The predicted octanol–water partition coefficient (Wildman–Crippen LogP) is 3.34. The van der Waals surface area contributed by atoms with Crippen LogP contribution in [0.4, 0.5) is 0 Å². The van der Waals surface area contributed by atoms with Crippen molar-refractivity contribution in [2.45, 2.75) is 13.3 Å². The van der Waals surface area contributed by atoms with Gasteiger partial charge in [0, 0.05) is 5.02 Å². The van der Waals surface area contributed by atoms with Crippen molar-refractivity contribution >= 4 is 23.7 Å². The number of aryl methyl sites for hydroxylation is 1. The summed E-state index contributed by atoms with van der Waals surface area (Å²) >= 11 is 5.78. The van der Waals surface area contributed by atoms with Crippen molar-refractivity contribution in [3.63, 3.8) is 0 Å². The van der Waals surface area contributed by atoms with Crippen LogP contribution in [-0.2, 0) is 11.2 Å². The maximum Gasteiger partial charge on any atom is 0.244 e. The van der Waals surface area contributed by atoms with Crippen LogP contribution >= 0.6 is 11.6 Å². The van der Waals surface area contributed by atoms with Crippen molar-refractivity contribution in [2.24, 2.45) is 5.10 Å². The Morgan fingerprint density at radius 2 is 1.80 bits per heavy atom. The SMILES string of the molecule is Cc1ccc(CC(=O)NN=Cc2ccc(Cl)cc2)cc1. The summed E-state index contributed by atoms with van der Waals surface area (Å²) in [6.45, 7) is 2.01. The first kappa shape index (κ1) is 14.3. The van der Waals surface area contributed by atoms with Crippen molar-refractivity contribution in [3.8, 4) is 0 Å². The molecule has 0 saturated carbocycles. The summed E-state index contributed by atoms with van der Waals surface area (Å²) in [6, 6.07) is 15.1. The second-order valence-corrected chi connectivity index (χ2v) is 4.94. The van der Waals surface area contributed by atoms with Gasteiger partial charge in [-0.3, -0.25) is 4.79 Å². The van der Waals surface area contributed by atoms with Gasteiger partial charge in [0.1, 0.15) is 0 Å². The Morgan fingerprint density at radius 1 is 1.15 bits per heavy atom. The zero-order valence-corrected chi connectivity index (χ0v) is 11.9. The lowest BCUT2D eigenvalue weighted by atomic mass is 10.1. The Hall–Kier alpha value is -2.13. The first-order valence-corrected chi connectivity index (χ1v) is 6.64. The second-order valence-electron chi connectivity index (χ2n) is 4.51. The molecule has 2 aromatic rings. The number of hydrazone groups is 1. The molecule has 0 aliphatic heterocycles.